The van der Waals surface area contributed by atoms with Crippen molar-refractivity contribution in [3.63, 3.8) is 0 Å². The van der Waals surface area contributed by atoms with Crippen LogP contribution in [0, 0.1) is 6.92 Å². The summed E-state index contributed by atoms with van der Waals surface area (Å²) in [5.74, 6) is 0.538. The summed E-state index contributed by atoms with van der Waals surface area (Å²) in [5.41, 5.74) is 3.88. The number of carbonyl (C=O) groups is 1. The van der Waals surface area contributed by atoms with Gasteiger partial charge in [-0.25, -0.2) is 9.97 Å². The van der Waals surface area contributed by atoms with Crippen molar-refractivity contribution < 1.29 is 4.79 Å². The molecule has 3 rings (SSSR count). The number of anilines is 1. The first kappa shape index (κ1) is 19.5. The lowest BCUT2D eigenvalue weighted by atomic mass is 10.1. The second-order valence-electron chi connectivity index (χ2n) is 7.08. The molecule has 1 aromatic heterocycles. The average molecular weight is 374 g/mol. The molecule has 0 radical (unpaired) electrons. The Hall–Kier alpha value is -3.21. The van der Waals surface area contributed by atoms with E-state index in [0.717, 1.165) is 5.56 Å². The predicted molar refractivity (Wildman–Crippen MR) is 112 cm³/mol. The fourth-order valence-electron chi connectivity index (χ4n) is 2.94. The summed E-state index contributed by atoms with van der Waals surface area (Å²) in [5, 5.41) is 3.26. The van der Waals surface area contributed by atoms with Crippen LogP contribution in [0.25, 0.3) is 0 Å². The molecule has 144 valence electrons. The molecule has 5 nitrogen and oxygen atoms in total. The van der Waals surface area contributed by atoms with E-state index in [9.17, 15) is 4.79 Å². The monoisotopic (exact) mass is 374 g/mol. The van der Waals surface area contributed by atoms with Gasteiger partial charge in [0.15, 0.2) is 0 Å². The number of aryl methyl sites for hydroxylation is 1. The Kier molecular flexibility index (Phi) is 6.37. The van der Waals surface area contributed by atoms with Crippen molar-refractivity contribution in [2.45, 2.75) is 39.9 Å². The lowest BCUT2D eigenvalue weighted by molar-refractivity contribution is 0.0684. The first-order valence-corrected chi connectivity index (χ1v) is 9.50. The van der Waals surface area contributed by atoms with Gasteiger partial charge in [-0.05, 0) is 37.5 Å². The van der Waals surface area contributed by atoms with Gasteiger partial charge in [0.1, 0.15) is 11.5 Å². The van der Waals surface area contributed by atoms with Crippen molar-refractivity contribution in [3.05, 3.63) is 89.4 Å². The first-order chi connectivity index (χ1) is 13.5. The Morgan fingerprint density at radius 2 is 1.71 bits per heavy atom. The summed E-state index contributed by atoms with van der Waals surface area (Å²) in [7, 11) is 0. The van der Waals surface area contributed by atoms with Gasteiger partial charge >= 0.3 is 0 Å². The quantitative estimate of drug-likeness (QED) is 0.664. The molecule has 0 aliphatic heterocycles. The Morgan fingerprint density at radius 3 is 2.36 bits per heavy atom. The van der Waals surface area contributed by atoms with Crippen molar-refractivity contribution in [2.75, 3.05) is 5.32 Å². The van der Waals surface area contributed by atoms with E-state index in [1.54, 1.807) is 17.3 Å². The zero-order valence-electron chi connectivity index (χ0n) is 16.6. The van der Waals surface area contributed by atoms with Crippen LogP contribution in [-0.4, -0.2) is 26.8 Å². The third kappa shape index (κ3) is 4.94. The average Bonchev–Trinajstić information content (AvgIpc) is 2.72. The summed E-state index contributed by atoms with van der Waals surface area (Å²) in [6, 6.07) is 18.2. The summed E-state index contributed by atoms with van der Waals surface area (Å²) >= 11 is 0. The lowest BCUT2D eigenvalue weighted by Gasteiger charge is -2.26. The third-order valence-electron chi connectivity index (χ3n) is 4.67. The maximum Gasteiger partial charge on any atom is 0.274 e. The van der Waals surface area contributed by atoms with E-state index in [-0.39, 0.29) is 11.9 Å². The number of hydrogen-bond acceptors (Lipinski definition) is 4. The molecule has 5 heteroatoms. The van der Waals surface area contributed by atoms with Crippen LogP contribution in [0.1, 0.15) is 41.0 Å². The highest BCUT2D eigenvalue weighted by Crippen LogP contribution is 2.14. The summed E-state index contributed by atoms with van der Waals surface area (Å²) in [4.78, 5) is 23.4. The van der Waals surface area contributed by atoms with Crippen molar-refractivity contribution >= 4 is 11.7 Å². The van der Waals surface area contributed by atoms with Gasteiger partial charge in [0.05, 0.1) is 12.4 Å². The normalized spacial score (nSPS) is 10.7. The fourth-order valence-corrected chi connectivity index (χ4v) is 2.94. The SMILES string of the molecule is Cc1ccccc1CNc1cnc(C(=O)N(Cc2ccccc2)C(C)C)cn1. The van der Waals surface area contributed by atoms with Crippen LogP contribution in [-0.2, 0) is 13.1 Å². The molecule has 28 heavy (non-hydrogen) atoms. The number of amides is 1. The maximum atomic E-state index is 12.9. The first-order valence-electron chi connectivity index (χ1n) is 9.50. The number of nitrogens with zero attached hydrogens (tertiary/aromatic N) is 3. The van der Waals surface area contributed by atoms with Gasteiger partial charge in [0.2, 0.25) is 0 Å². The van der Waals surface area contributed by atoms with Crippen LogP contribution in [0.5, 0.6) is 0 Å². The van der Waals surface area contributed by atoms with E-state index < -0.39 is 0 Å². The highest BCUT2D eigenvalue weighted by molar-refractivity contribution is 5.92. The van der Waals surface area contributed by atoms with Crippen molar-refractivity contribution in [2.24, 2.45) is 0 Å². The lowest BCUT2D eigenvalue weighted by Crippen LogP contribution is -2.36. The number of carbonyl (C=O) groups excluding carboxylic acids is 1. The number of hydrogen-bond donors (Lipinski definition) is 1. The number of aromatic nitrogens is 2. The van der Waals surface area contributed by atoms with Gasteiger partial charge in [0.25, 0.3) is 5.91 Å². The third-order valence-corrected chi connectivity index (χ3v) is 4.67. The van der Waals surface area contributed by atoms with Crippen LogP contribution in [0.4, 0.5) is 5.82 Å². The minimum atomic E-state index is -0.114. The van der Waals surface area contributed by atoms with E-state index >= 15 is 0 Å². The van der Waals surface area contributed by atoms with Crippen LogP contribution in [0.15, 0.2) is 67.0 Å². The highest BCUT2D eigenvalue weighted by Gasteiger charge is 2.20. The number of benzene rings is 2. The van der Waals surface area contributed by atoms with Crippen molar-refractivity contribution in [1.82, 2.24) is 14.9 Å². The number of rotatable bonds is 7. The zero-order valence-corrected chi connectivity index (χ0v) is 16.6. The van der Waals surface area contributed by atoms with Gasteiger partial charge in [-0.2, -0.15) is 0 Å². The van der Waals surface area contributed by atoms with Crippen LogP contribution in [0.2, 0.25) is 0 Å². The smallest absolute Gasteiger partial charge is 0.274 e. The summed E-state index contributed by atoms with van der Waals surface area (Å²) < 4.78 is 0. The van der Waals surface area contributed by atoms with E-state index in [1.165, 1.54) is 11.1 Å². The Balaban J connectivity index is 1.67. The predicted octanol–water partition coefficient (Wildman–Crippen LogP) is 4.45. The molecular weight excluding hydrogens is 348 g/mol. The molecule has 3 aromatic rings. The van der Waals surface area contributed by atoms with Crippen molar-refractivity contribution in [1.29, 1.82) is 0 Å². The van der Waals surface area contributed by atoms with Gasteiger partial charge in [0, 0.05) is 19.1 Å². The maximum absolute atomic E-state index is 12.9. The standard InChI is InChI=1S/C23H26N4O/c1-17(2)27(16-19-10-5-4-6-11-19)23(28)21-14-26-22(15-24-21)25-13-20-12-8-7-9-18(20)3/h4-12,14-15,17H,13,16H2,1-3H3,(H,25,26). The highest BCUT2D eigenvalue weighted by atomic mass is 16.2. The second kappa shape index (κ2) is 9.13. The van der Waals surface area contributed by atoms with E-state index in [0.29, 0.717) is 24.6 Å². The molecule has 1 N–H and O–H groups in total. The van der Waals surface area contributed by atoms with E-state index in [1.807, 2.05) is 56.3 Å². The molecular formula is C23H26N4O. The van der Waals surface area contributed by atoms with Crippen molar-refractivity contribution in [3.8, 4) is 0 Å². The molecule has 0 unspecified atom stereocenters. The molecule has 0 saturated carbocycles. The molecule has 2 aromatic carbocycles. The molecule has 0 fully saturated rings. The minimum Gasteiger partial charge on any atom is -0.365 e. The van der Waals surface area contributed by atoms with Crippen LogP contribution >= 0.6 is 0 Å². The molecule has 1 amide bonds. The second-order valence-corrected chi connectivity index (χ2v) is 7.08. The van der Waals surface area contributed by atoms with E-state index in [2.05, 4.69) is 34.3 Å². The van der Waals surface area contributed by atoms with Gasteiger partial charge in [-0.3, -0.25) is 4.79 Å². The van der Waals surface area contributed by atoms with Crippen LogP contribution in [0.3, 0.4) is 0 Å². The molecule has 0 spiro atoms. The zero-order chi connectivity index (χ0) is 19.9. The van der Waals surface area contributed by atoms with Gasteiger partial charge < -0.3 is 10.2 Å². The Labute approximate surface area is 166 Å². The Bertz CT molecular complexity index is 907. The summed E-state index contributed by atoms with van der Waals surface area (Å²) in [6.07, 6.45) is 3.16. The molecule has 0 aliphatic rings. The Morgan fingerprint density at radius 1 is 1.00 bits per heavy atom. The molecule has 1 heterocycles. The molecule has 0 aliphatic carbocycles. The minimum absolute atomic E-state index is 0.0633. The van der Waals surface area contributed by atoms with Crippen LogP contribution < -0.4 is 5.32 Å². The largest absolute Gasteiger partial charge is 0.365 e. The molecule has 0 saturated heterocycles. The van der Waals surface area contributed by atoms with Gasteiger partial charge in [-0.15, -0.1) is 0 Å². The topological polar surface area (TPSA) is 58.1 Å². The molecule has 0 bridgehead atoms. The summed E-state index contributed by atoms with van der Waals surface area (Å²) in [6.45, 7) is 7.31. The fraction of sp³-hybridized carbons (Fsp3) is 0.261. The van der Waals surface area contributed by atoms with Gasteiger partial charge in [-0.1, -0.05) is 54.6 Å². The van der Waals surface area contributed by atoms with E-state index in [4.69, 9.17) is 0 Å². The molecule has 0 atom stereocenters. The number of nitrogens with one attached hydrogen (secondary N) is 1.